The highest BCUT2D eigenvalue weighted by Crippen LogP contribution is 2.43. The predicted octanol–water partition coefficient (Wildman–Crippen LogP) is 11.0. The first-order chi connectivity index (χ1) is 44.7. The highest BCUT2D eigenvalue weighted by atomic mass is 16.8. The lowest BCUT2D eigenvalue weighted by Crippen LogP contribution is -2.63. The Balaban J connectivity index is 1.12. The molecule has 0 aromatic heterocycles. The second-order valence-corrected chi connectivity index (χ2v) is 20.2. The number of carbonyl (C=O) groups excluding carboxylic acids is 4. The summed E-state index contributed by atoms with van der Waals surface area (Å²) in [6, 6.07) is 47.9. The Bertz CT molecular complexity index is 3630. The normalized spacial score (nSPS) is 14.5. The third-order valence-electron chi connectivity index (χ3n) is 14.4. The van der Waals surface area contributed by atoms with Crippen LogP contribution >= 0.6 is 0 Å². The van der Waals surface area contributed by atoms with Crippen LogP contribution in [0, 0.1) is 40.5 Å². The Morgan fingerprint density at radius 1 is 0.430 bits per heavy atom. The van der Waals surface area contributed by atoms with Crippen LogP contribution in [-0.4, -0.2) is 126 Å². The summed E-state index contributed by atoms with van der Waals surface area (Å²) in [4.78, 5) is 103. The Morgan fingerprint density at radius 2 is 0.710 bits per heavy atom. The molecule has 2 aliphatic heterocycles. The molecule has 31 nitrogen and oxygen atoms in total. The molecule has 0 spiro atoms. The Morgan fingerprint density at radius 3 is 0.989 bits per heavy atom. The van der Waals surface area contributed by atoms with E-state index >= 15 is 0 Å². The molecule has 7 aromatic carbocycles. The van der Waals surface area contributed by atoms with Crippen LogP contribution in [0.5, 0.6) is 23.0 Å². The number of rotatable bonds is 22. The van der Waals surface area contributed by atoms with Gasteiger partial charge >= 0.3 is 24.6 Å². The van der Waals surface area contributed by atoms with E-state index in [9.17, 15) is 59.6 Å². The fourth-order valence-corrected chi connectivity index (χ4v) is 10.3. The molecule has 1 N–H and O–H groups in total. The van der Waals surface area contributed by atoms with Gasteiger partial charge in [-0.05, 0) is 92.9 Å². The SMILES string of the molecule is CC(OC(=O)Oc1ccc([N+](=O)[O-])cc1)N(C1=CC(N(C(C)OC(=O)Oc2ccc([N+](=O)[O-])cc2)C(C)OC(=O)Oc2ccc([N+](=O)[O-])cc2)=NN(N2CCN(C(c3ccccc3)(c3ccccc3)c3ccccc3)CC2)N1)C(C)OC(=O)Oc1ccc([N+](=O)[O-])cc1. The van der Waals surface area contributed by atoms with Crippen molar-refractivity contribution in [2.75, 3.05) is 26.2 Å². The van der Waals surface area contributed by atoms with Gasteiger partial charge in [-0.2, -0.15) is 5.01 Å². The van der Waals surface area contributed by atoms with Gasteiger partial charge in [0, 0.05) is 80.8 Å². The molecule has 0 amide bonds. The summed E-state index contributed by atoms with van der Waals surface area (Å²) in [5.41, 5.74) is 4.02. The molecule has 0 bridgehead atoms. The van der Waals surface area contributed by atoms with Crippen LogP contribution in [0.3, 0.4) is 0 Å². The Labute approximate surface area is 528 Å². The molecular formula is C62H57N11O20. The summed E-state index contributed by atoms with van der Waals surface area (Å²) in [6.07, 6.45) is -10.5. The fraction of sp³-hybridized carbons (Fsp3) is 0.210. The first-order valence-corrected chi connectivity index (χ1v) is 28.3. The fourth-order valence-electron chi connectivity index (χ4n) is 10.3. The van der Waals surface area contributed by atoms with Gasteiger partial charge in [0.05, 0.1) is 25.2 Å². The van der Waals surface area contributed by atoms with E-state index in [0.29, 0.717) is 13.1 Å². The van der Waals surface area contributed by atoms with Crippen LogP contribution in [0.15, 0.2) is 205 Å². The van der Waals surface area contributed by atoms with E-state index in [0.717, 1.165) is 114 Å². The summed E-state index contributed by atoms with van der Waals surface area (Å²) in [6.45, 7) is 6.42. The molecule has 480 valence electrons. The Hall–Kier alpha value is -12.3. The average Bonchev–Trinajstić information content (AvgIpc) is 0.740. The van der Waals surface area contributed by atoms with Crippen molar-refractivity contribution in [3.8, 4) is 23.0 Å². The number of nitro benzene ring substituents is 4. The van der Waals surface area contributed by atoms with Gasteiger partial charge in [-0.25, -0.2) is 19.2 Å². The topological polar surface area (TPSA) is 355 Å². The number of nitrogens with zero attached hydrogens (tertiary/aromatic N) is 10. The van der Waals surface area contributed by atoms with Gasteiger partial charge in [-0.3, -0.25) is 60.6 Å². The number of hydrazine groups is 2. The van der Waals surface area contributed by atoms with E-state index < -0.39 is 74.8 Å². The number of piperazine rings is 1. The lowest BCUT2D eigenvalue weighted by atomic mass is 9.75. The molecule has 7 aromatic rings. The molecule has 4 atom stereocenters. The third kappa shape index (κ3) is 16.0. The third-order valence-corrected chi connectivity index (χ3v) is 14.4. The first kappa shape index (κ1) is 65.2. The predicted molar refractivity (Wildman–Crippen MR) is 325 cm³/mol. The van der Waals surface area contributed by atoms with E-state index in [-0.39, 0.29) is 70.5 Å². The average molecular weight is 1280 g/mol. The van der Waals surface area contributed by atoms with Gasteiger partial charge in [0.15, 0.2) is 30.7 Å². The second kappa shape index (κ2) is 29.4. The van der Waals surface area contributed by atoms with Crippen molar-refractivity contribution < 1.29 is 76.8 Å². The number of amidine groups is 1. The lowest BCUT2D eigenvalue weighted by Gasteiger charge is -2.50. The number of hydrazone groups is 1. The van der Waals surface area contributed by atoms with E-state index in [1.54, 1.807) is 5.01 Å². The van der Waals surface area contributed by atoms with Gasteiger partial charge in [-0.15, -0.1) is 10.3 Å². The zero-order valence-corrected chi connectivity index (χ0v) is 49.8. The van der Waals surface area contributed by atoms with Gasteiger partial charge < -0.3 is 37.9 Å². The van der Waals surface area contributed by atoms with Crippen LogP contribution in [0.1, 0.15) is 44.4 Å². The molecule has 9 rings (SSSR count). The molecule has 1 fully saturated rings. The van der Waals surface area contributed by atoms with Crippen molar-refractivity contribution >= 4 is 53.2 Å². The van der Waals surface area contributed by atoms with Crippen LogP contribution in [0.4, 0.5) is 41.9 Å². The van der Waals surface area contributed by atoms with Gasteiger partial charge in [0.2, 0.25) is 0 Å². The largest absolute Gasteiger partial charge is 0.515 e. The number of hydrogen-bond donors (Lipinski definition) is 1. The van der Waals surface area contributed by atoms with Crippen molar-refractivity contribution in [1.82, 2.24) is 30.4 Å². The van der Waals surface area contributed by atoms with Crippen LogP contribution < -0.4 is 24.4 Å². The smallest absolute Gasteiger partial charge is 0.410 e. The number of hydrogen-bond acceptors (Lipinski definition) is 27. The molecule has 2 heterocycles. The maximum atomic E-state index is 13.8. The zero-order chi connectivity index (χ0) is 66.3. The van der Waals surface area contributed by atoms with Gasteiger partial charge in [-0.1, -0.05) is 91.0 Å². The highest BCUT2D eigenvalue weighted by molar-refractivity contribution is 5.94. The molecule has 1 saturated heterocycles. The number of ether oxygens (including phenoxy) is 8. The maximum absolute atomic E-state index is 13.8. The van der Waals surface area contributed by atoms with Crippen molar-refractivity contribution in [2.45, 2.75) is 58.1 Å². The molecule has 31 heteroatoms. The summed E-state index contributed by atoms with van der Waals surface area (Å²) in [5.74, 6) is -1.02. The summed E-state index contributed by atoms with van der Waals surface area (Å²) >= 11 is 0. The standard InChI is InChI=1S/C62H57N11O20/c1-41(86-58(74)90-52-28-20-48(21-29-52)69(78)79)67(42(2)87-59(75)91-53-30-22-49(23-31-53)70(80)81)56-40-57(64-73(63-56)66-38-36-65(37-39-66)62(45-14-8-5-9-15-45,46-16-10-6-11-17-46)47-18-12-7-13-19-47)68(43(3)88-60(76)92-54-32-24-50(25-33-54)71(82)83)44(4)89-61(77)93-55-34-26-51(27-35-55)72(84)85/h5-35,40-44,63H,36-39H2,1-4H3. The van der Waals surface area contributed by atoms with Crippen LogP contribution in [0.25, 0.3) is 0 Å². The van der Waals surface area contributed by atoms with E-state index in [1.165, 1.54) is 48.8 Å². The van der Waals surface area contributed by atoms with Crippen molar-refractivity contribution in [2.24, 2.45) is 5.10 Å². The van der Waals surface area contributed by atoms with Crippen molar-refractivity contribution in [1.29, 1.82) is 0 Å². The Kier molecular flexibility index (Phi) is 20.6. The van der Waals surface area contributed by atoms with Crippen LogP contribution in [-0.2, 0) is 24.5 Å². The number of carbonyl (C=O) groups is 4. The molecule has 4 unspecified atom stereocenters. The van der Waals surface area contributed by atoms with E-state index in [4.69, 9.17) is 43.0 Å². The minimum Gasteiger partial charge on any atom is -0.410 e. The maximum Gasteiger partial charge on any atom is 0.515 e. The minimum absolute atomic E-state index is 0.132. The molecule has 0 radical (unpaired) electrons. The number of nitro groups is 4. The van der Waals surface area contributed by atoms with Crippen molar-refractivity contribution in [3.63, 3.8) is 0 Å². The number of nitrogens with one attached hydrogen (secondary N) is 1. The zero-order valence-electron chi connectivity index (χ0n) is 49.8. The summed E-state index contributed by atoms with van der Waals surface area (Å²) in [5, 5.41) is 53.8. The van der Waals surface area contributed by atoms with E-state index in [2.05, 4.69) is 46.7 Å². The molecular weight excluding hydrogens is 1220 g/mol. The number of non-ortho nitro benzene ring substituents is 4. The molecule has 0 saturated carbocycles. The first-order valence-electron chi connectivity index (χ1n) is 28.3. The summed E-state index contributed by atoms with van der Waals surface area (Å²) < 4.78 is 45.0. The van der Waals surface area contributed by atoms with Crippen LogP contribution in [0.2, 0.25) is 0 Å². The molecule has 93 heavy (non-hydrogen) atoms. The van der Waals surface area contributed by atoms with Crippen molar-refractivity contribution in [3.05, 3.63) is 257 Å². The minimum atomic E-state index is -1.59. The quantitative estimate of drug-likeness (QED) is 0.0125. The summed E-state index contributed by atoms with van der Waals surface area (Å²) in [7, 11) is 0. The van der Waals surface area contributed by atoms with Gasteiger partial charge in [0.1, 0.15) is 28.8 Å². The van der Waals surface area contributed by atoms with Gasteiger partial charge in [0.25, 0.3) is 22.7 Å². The number of benzene rings is 7. The molecule has 2 aliphatic rings. The highest BCUT2D eigenvalue weighted by Gasteiger charge is 2.45. The molecule has 0 aliphatic carbocycles. The second-order valence-electron chi connectivity index (χ2n) is 20.2. The van der Waals surface area contributed by atoms with E-state index in [1.807, 2.05) is 54.6 Å². The lowest BCUT2D eigenvalue weighted by molar-refractivity contribution is -0.385. The monoisotopic (exact) mass is 1280 g/mol.